The highest BCUT2D eigenvalue weighted by molar-refractivity contribution is 9.10. The fourth-order valence-corrected chi connectivity index (χ4v) is 3.74. The number of aliphatic hydroxyl groups is 1. The first-order chi connectivity index (χ1) is 14.0. The van der Waals surface area contributed by atoms with E-state index in [9.17, 15) is 14.7 Å². The molecule has 1 aromatic heterocycles. The number of benzene rings is 2. The van der Waals surface area contributed by atoms with E-state index in [1.54, 1.807) is 24.3 Å². The van der Waals surface area contributed by atoms with Gasteiger partial charge in [0, 0.05) is 10.0 Å². The number of rotatable bonds is 4. The summed E-state index contributed by atoms with van der Waals surface area (Å²) < 4.78 is 6.26. The predicted octanol–water partition coefficient (Wildman–Crippen LogP) is 4.97. The predicted molar refractivity (Wildman–Crippen MR) is 112 cm³/mol. The SMILES string of the molecule is Cc1ccc(C(O)=C2C(=O)C(=O)N(Cc3ccco3)[C@@H]2c2ccc(Br)cc2)cc1. The Morgan fingerprint density at radius 3 is 2.38 bits per heavy atom. The van der Waals surface area contributed by atoms with E-state index in [0.717, 1.165) is 15.6 Å². The Labute approximate surface area is 176 Å². The zero-order valence-electron chi connectivity index (χ0n) is 15.6. The van der Waals surface area contributed by atoms with Crippen LogP contribution < -0.4 is 0 Å². The van der Waals surface area contributed by atoms with Crippen LogP contribution in [0.25, 0.3) is 5.76 Å². The minimum absolute atomic E-state index is 0.0766. The number of likely N-dealkylation sites (tertiary alicyclic amines) is 1. The molecule has 0 radical (unpaired) electrons. The first kappa shape index (κ1) is 19.2. The molecule has 146 valence electrons. The van der Waals surface area contributed by atoms with Crippen LogP contribution in [0, 0.1) is 6.92 Å². The van der Waals surface area contributed by atoms with Crippen molar-refractivity contribution < 1.29 is 19.1 Å². The minimum atomic E-state index is -0.713. The van der Waals surface area contributed by atoms with Gasteiger partial charge in [0.1, 0.15) is 11.5 Å². The number of carbonyl (C=O) groups excluding carboxylic acids is 2. The number of nitrogens with zero attached hydrogens (tertiary/aromatic N) is 1. The Hall–Kier alpha value is -3.12. The Morgan fingerprint density at radius 2 is 1.76 bits per heavy atom. The lowest BCUT2D eigenvalue weighted by atomic mass is 9.95. The van der Waals surface area contributed by atoms with Crippen molar-refractivity contribution in [3.05, 3.63) is 99.4 Å². The first-order valence-electron chi connectivity index (χ1n) is 9.09. The number of aryl methyl sites for hydroxylation is 1. The molecule has 0 aliphatic carbocycles. The summed E-state index contributed by atoms with van der Waals surface area (Å²) in [6, 6.07) is 17.3. The number of amides is 1. The van der Waals surface area contributed by atoms with Crippen LogP contribution in [0.1, 0.15) is 28.5 Å². The van der Waals surface area contributed by atoms with E-state index < -0.39 is 17.7 Å². The molecule has 0 saturated carbocycles. The monoisotopic (exact) mass is 451 g/mol. The fourth-order valence-electron chi connectivity index (χ4n) is 3.47. The van der Waals surface area contributed by atoms with Crippen molar-refractivity contribution >= 4 is 33.4 Å². The highest BCUT2D eigenvalue weighted by Crippen LogP contribution is 2.40. The van der Waals surface area contributed by atoms with Crippen LogP contribution in [0.5, 0.6) is 0 Å². The third-order valence-corrected chi connectivity index (χ3v) is 5.49. The van der Waals surface area contributed by atoms with Gasteiger partial charge >= 0.3 is 0 Å². The average Bonchev–Trinajstić information content (AvgIpc) is 3.31. The van der Waals surface area contributed by atoms with Gasteiger partial charge in [-0.25, -0.2) is 0 Å². The quantitative estimate of drug-likeness (QED) is 0.345. The summed E-state index contributed by atoms with van der Waals surface area (Å²) in [5.41, 5.74) is 2.33. The summed E-state index contributed by atoms with van der Waals surface area (Å²) in [5.74, 6) is -0.993. The summed E-state index contributed by atoms with van der Waals surface area (Å²) in [7, 11) is 0. The average molecular weight is 452 g/mol. The number of hydrogen-bond acceptors (Lipinski definition) is 4. The van der Waals surface area contributed by atoms with Gasteiger partial charge in [0.05, 0.1) is 24.4 Å². The largest absolute Gasteiger partial charge is 0.507 e. The highest BCUT2D eigenvalue weighted by Gasteiger charge is 2.46. The second-order valence-corrected chi connectivity index (χ2v) is 7.84. The molecule has 1 aliphatic rings. The van der Waals surface area contributed by atoms with E-state index >= 15 is 0 Å². The number of halogens is 1. The lowest BCUT2D eigenvalue weighted by Crippen LogP contribution is -2.29. The van der Waals surface area contributed by atoms with Crippen LogP contribution >= 0.6 is 15.9 Å². The lowest BCUT2D eigenvalue weighted by Gasteiger charge is -2.24. The molecule has 1 atom stereocenters. The van der Waals surface area contributed by atoms with Crippen molar-refractivity contribution in [3.63, 3.8) is 0 Å². The molecule has 0 spiro atoms. The molecule has 5 nitrogen and oxygen atoms in total. The summed E-state index contributed by atoms with van der Waals surface area (Å²) in [6.45, 7) is 2.07. The van der Waals surface area contributed by atoms with Gasteiger partial charge in [-0.05, 0) is 36.8 Å². The van der Waals surface area contributed by atoms with Crippen molar-refractivity contribution in [2.24, 2.45) is 0 Å². The molecule has 0 unspecified atom stereocenters. The zero-order valence-corrected chi connectivity index (χ0v) is 17.2. The lowest BCUT2D eigenvalue weighted by molar-refractivity contribution is -0.140. The Kier molecular flexibility index (Phi) is 5.11. The molecule has 1 saturated heterocycles. The molecular formula is C23H18BrNO4. The van der Waals surface area contributed by atoms with Gasteiger partial charge in [0.25, 0.3) is 11.7 Å². The van der Waals surface area contributed by atoms with Gasteiger partial charge in [-0.1, -0.05) is 57.9 Å². The standard InChI is InChI=1S/C23H18BrNO4/c1-14-4-6-16(7-5-14)21(26)19-20(15-8-10-17(24)11-9-15)25(23(28)22(19)27)13-18-3-2-12-29-18/h2-12,20,26H,13H2,1H3/t20-/m1/s1. The number of aliphatic hydroxyl groups excluding tert-OH is 1. The molecule has 0 bridgehead atoms. The number of Topliss-reactive ketones (excluding diaryl/α,β-unsaturated/α-hetero) is 1. The first-order valence-corrected chi connectivity index (χ1v) is 9.88. The maximum absolute atomic E-state index is 12.9. The third-order valence-electron chi connectivity index (χ3n) is 4.96. The van der Waals surface area contributed by atoms with Gasteiger partial charge in [-0.15, -0.1) is 0 Å². The molecule has 1 aliphatic heterocycles. The second-order valence-electron chi connectivity index (χ2n) is 6.92. The molecule has 4 rings (SSSR count). The smallest absolute Gasteiger partial charge is 0.296 e. The summed E-state index contributed by atoms with van der Waals surface area (Å²) >= 11 is 3.41. The van der Waals surface area contributed by atoms with Crippen LogP contribution in [-0.4, -0.2) is 21.7 Å². The molecule has 1 N–H and O–H groups in total. The van der Waals surface area contributed by atoms with E-state index in [4.69, 9.17) is 4.42 Å². The number of hydrogen-bond donors (Lipinski definition) is 1. The van der Waals surface area contributed by atoms with E-state index in [1.807, 2.05) is 43.3 Å². The molecule has 1 amide bonds. The number of ketones is 1. The summed E-state index contributed by atoms with van der Waals surface area (Å²) in [4.78, 5) is 27.2. The van der Waals surface area contributed by atoms with Crippen molar-refractivity contribution in [1.82, 2.24) is 4.90 Å². The molecule has 2 heterocycles. The second kappa shape index (κ2) is 7.72. The molecule has 29 heavy (non-hydrogen) atoms. The highest BCUT2D eigenvalue weighted by atomic mass is 79.9. The third kappa shape index (κ3) is 3.63. The van der Waals surface area contributed by atoms with Gasteiger partial charge in [0.15, 0.2) is 0 Å². The van der Waals surface area contributed by atoms with E-state index in [0.29, 0.717) is 11.3 Å². The summed E-state index contributed by atoms with van der Waals surface area (Å²) in [6.07, 6.45) is 1.52. The van der Waals surface area contributed by atoms with Crippen LogP contribution in [0.4, 0.5) is 0 Å². The Balaban J connectivity index is 1.86. The van der Waals surface area contributed by atoms with Crippen LogP contribution in [0.2, 0.25) is 0 Å². The van der Waals surface area contributed by atoms with Crippen molar-refractivity contribution in [1.29, 1.82) is 0 Å². The number of carbonyl (C=O) groups is 2. The normalized spacial score (nSPS) is 18.4. The molecule has 6 heteroatoms. The van der Waals surface area contributed by atoms with Gasteiger partial charge < -0.3 is 14.4 Å². The van der Waals surface area contributed by atoms with Crippen LogP contribution in [0.3, 0.4) is 0 Å². The molecule has 1 fully saturated rings. The fraction of sp³-hybridized carbons (Fsp3) is 0.130. The zero-order chi connectivity index (χ0) is 20.5. The molecule has 3 aromatic rings. The van der Waals surface area contributed by atoms with Gasteiger partial charge in [-0.3, -0.25) is 9.59 Å². The topological polar surface area (TPSA) is 70.8 Å². The summed E-state index contributed by atoms with van der Waals surface area (Å²) in [5, 5.41) is 11.0. The number of furan rings is 1. The maximum Gasteiger partial charge on any atom is 0.296 e. The Morgan fingerprint density at radius 1 is 1.07 bits per heavy atom. The van der Waals surface area contributed by atoms with Crippen molar-refractivity contribution in [2.75, 3.05) is 0 Å². The van der Waals surface area contributed by atoms with Crippen molar-refractivity contribution in [3.8, 4) is 0 Å². The molecular weight excluding hydrogens is 434 g/mol. The minimum Gasteiger partial charge on any atom is -0.507 e. The van der Waals surface area contributed by atoms with Crippen LogP contribution in [-0.2, 0) is 16.1 Å². The van der Waals surface area contributed by atoms with Gasteiger partial charge in [-0.2, -0.15) is 0 Å². The van der Waals surface area contributed by atoms with E-state index in [-0.39, 0.29) is 17.9 Å². The maximum atomic E-state index is 12.9. The van der Waals surface area contributed by atoms with E-state index in [1.165, 1.54) is 11.2 Å². The van der Waals surface area contributed by atoms with E-state index in [2.05, 4.69) is 15.9 Å². The Bertz CT molecular complexity index is 1080. The van der Waals surface area contributed by atoms with Crippen molar-refractivity contribution in [2.45, 2.75) is 19.5 Å². The van der Waals surface area contributed by atoms with Crippen LogP contribution in [0.15, 0.2) is 81.4 Å². The molecule has 2 aromatic carbocycles. The van der Waals surface area contributed by atoms with Gasteiger partial charge in [0.2, 0.25) is 0 Å².